The first kappa shape index (κ1) is 17.0. The number of halogens is 3. The molecule has 1 aliphatic heterocycles. The Labute approximate surface area is 138 Å². The van der Waals surface area contributed by atoms with Crippen molar-refractivity contribution in [3.63, 3.8) is 0 Å². The van der Waals surface area contributed by atoms with Crippen molar-refractivity contribution >= 4 is 11.7 Å². The lowest BCUT2D eigenvalue weighted by molar-refractivity contribution is -0.135. The zero-order chi connectivity index (χ0) is 17.7. The van der Waals surface area contributed by atoms with E-state index in [1.54, 1.807) is 4.90 Å². The molecule has 1 saturated heterocycles. The lowest BCUT2D eigenvalue weighted by atomic mass is 9.91. The number of piperazine rings is 1. The van der Waals surface area contributed by atoms with Crippen LogP contribution in [0.4, 0.5) is 19.0 Å². The van der Waals surface area contributed by atoms with E-state index in [2.05, 4.69) is 9.97 Å². The molecule has 1 aromatic rings. The van der Waals surface area contributed by atoms with E-state index in [-0.39, 0.29) is 12.2 Å². The van der Waals surface area contributed by atoms with E-state index in [0.29, 0.717) is 31.9 Å². The monoisotopic (exact) mass is 342 g/mol. The first-order chi connectivity index (χ1) is 11.1. The second kappa shape index (κ2) is 5.60. The molecule has 8 heteroatoms. The summed E-state index contributed by atoms with van der Waals surface area (Å²) >= 11 is 0. The summed E-state index contributed by atoms with van der Waals surface area (Å²) in [5.41, 5.74) is -0.111. The van der Waals surface area contributed by atoms with Crippen LogP contribution in [0.1, 0.15) is 32.9 Å². The van der Waals surface area contributed by atoms with Gasteiger partial charge in [0.25, 0.3) is 5.92 Å². The maximum atomic E-state index is 14.7. The van der Waals surface area contributed by atoms with Gasteiger partial charge in [0.2, 0.25) is 5.91 Å². The Morgan fingerprint density at radius 2 is 1.79 bits per heavy atom. The Bertz CT molecular complexity index is 651. The number of alkyl halides is 2. The molecule has 1 saturated carbocycles. The molecule has 5 nitrogen and oxygen atoms in total. The van der Waals surface area contributed by atoms with Crippen LogP contribution in [-0.2, 0) is 10.2 Å². The summed E-state index contributed by atoms with van der Waals surface area (Å²) in [6, 6.07) is 0. The lowest BCUT2D eigenvalue weighted by Crippen LogP contribution is -2.50. The van der Waals surface area contributed by atoms with Gasteiger partial charge in [-0.25, -0.2) is 23.1 Å². The van der Waals surface area contributed by atoms with Crippen molar-refractivity contribution in [2.75, 3.05) is 31.1 Å². The first-order valence-corrected chi connectivity index (χ1v) is 8.04. The van der Waals surface area contributed by atoms with Gasteiger partial charge in [-0.05, 0) is 0 Å². The number of amides is 1. The van der Waals surface area contributed by atoms with Crippen LogP contribution in [0.2, 0.25) is 0 Å². The minimum absolute atomic E-state index is 0.207. The van der Waals surface area contributed by atoms with Gasteiger partial charge in [-0.2, -0.15) is 0 Å². The predicted molar refractivity (Wildman–Crippen MR) is 82.5 cm³/mol. The van der Waals surface area contributed by atoms with Gasteiger partial charge in [-0.1, -0.05) is 20.8 Å². The standard InChI is InChI=1S/C16H21F3N4O/c1-15(2,3)12-11(17)13(21-9-20-12)22-4-6-23(7-5-22)14(24)10-8-16(10,18)19/h9-10H,4-8H2,1-3H3. The molecule has 0 aromatic carbocycles. The summed E-state index contributed by atoms with van der Waals surface area (Å²) in [5, 5.41) is 0. The van der Waals surface area contributed by atoms with Crippen molar-refractivity contribution in [2.45, 2.75) is 38.5 Å². The number of carbonyl (C=O) groups excluding carboxylic acids is 1. The van der Waals surface area contributed by atoms with Crippen molar-refractivity contribution in [1.82, 2.24) is 14.9 Å². The molecule has 132 valence electrons. The van der Waals surface area contributed by atoms with Gasteiger partial charge < -0.3 is 9.80 Å². The van der Waals surface area contributed by atoms with Gasteiger partial charge in [-0.3, -0.25) is 4.79 Å². The van der Waals surface area contributed by atoms with Crippen LogP contribution in [0.3, 0.4) is 0 Å². The van der Waals surface area contributed by atoms with E-state index in [9.17, 15) is 18.0 Å². The molecule has 0 spiro atoms. The molecule has 0 radical (unpaired) electrons. The number of hydrogen-bond acceptors (Lipinski definition) is 4. The zero-order valence-corrected chi connectivity index (χ0v) is 14.0. The molecule has 2 aliphatic rings. The topological polar surface area (TPSA) is 49.3 Å². The van der Waals surface area contributed by atoms with Gasteiger partial charge in [0.1, 0.15) is 12.2 Å². The molecule has 3 rings (SSSR count). The van der Waals surface area contributed by atoms with Gasteiger partial charge in [-0.15, -0.1) is 0 Å². The molecule has 0 N–H and O–H groups in total. The fourth-order valence-electron chi connectivity index (χ4n) is 2.94. The van der Waals surface area contributed by atoms with Crippen molar-refractivity contribution < 1.29 is 18.0 Å². The zero-order valence-electron chi connectivity index (χ0n) is 14.0. The second-order valence-corrected chi connectivity index (χ2v) is 7.44. The van der Waals surface area contributed by atoms with Crippen molar-refractivity contribution in [3.05, 3.63) is 17.8 Å². The highest BCUT2D eigenvalue weighted by atomic mass is 19.3. The second-order valence-electron chi connectivity index (χ2n) is 7.44. The Hall–Kier alpha value is -1.86. The summed E-state index contributed by atoms with van der Waals surface area (Å²) in [5.74, 6) is -4.78. The minimum Gasteiger partial charge on any atom is -0.351 e. The third-order valence-electron chi connectivity index (χ3n) is 4.50. The van der Waals surface area contributed by atoms with E-state index >= 15 is 0 Å². The SMILES string of the molecule is CC(C)(C)c1ncnc(N2CCN(C(=O)C3CC3(F)F)CC2)c1F. The van der Waals surface area contributed by atoms with Crippen LogP contribution in [-0.4, -0.2) is 52.9 Å². The maximum absolute atomic E-state index is 14.7. The largest absolute Gasteiger partial charge is 0.351 e. The number of hydrogen-bond donors (Lipinski definition) is 0. The molecule has 1 unspecified atom stereocenters. The van der Waals surface area contributed by atoms with Gasteiger partial charge in [0.15, 0.2) is 11.6 Å². The van der Waals surface area contributed by atoms with E-state index in [1.807, 2.05) is 20.8 Å². The maximum Gasteiger partial charge on any atom is 0.260 e. The van der Waals surface area contributed by atoms with E-state index in [1.165, 1.54) is 11.2 Å². The highest BCUT2D eigenvalue weighted by molar-refractivity contribution is 5.83. The molecule has 1 amide bonds. The van der Waals surface area contributed by atoms with Crippen LogP contribution < -0.4 is 4.90 Å². The number of carbonyl (C=O) groups is 1. The molecule has 1 aliphatic carbocycles. The lowest BCUT2D eigenvalue weighted by Gasteiger charge is -2.36. The highest BCUT2D eigenvalue weighted by Crippen LogP contribution is 2.49. The predicted octanol–water partition coefficient (Wildman–Crippen LogP) is 2.22. The molecule has 0 bridgehead atoms. The van der Waals surface area contributed by atoms with Crippen LogP contribution in [0, 0.1) is 11.7 Å². The molecule has 24 heavy (non-hydrogen) atoms. The number of aromatic nitrogens is 2. The first-order valence-electron chi connectivity index (χ1n) is 8.04. The molecular weight excluding hydrogens is 321 g/mol. The average Bonchev–Trinajstić information content (AvgIpc) is 3.14. The Morgan fingerprint density at radius 1 is 1.21 bits per heavy atom. The Morgan fingerprint density at radius 3 is 2.29 bits per heavy atom. The quantitative estimate of drug-likeness (QED) is 0.827. The number of rotatable bonds is 2. The number of nitrogens with zero attached hydrogens (tertiary/aromatic N) is 4. The number of anilines is 1. The fourth-order valence-corrected chi connectivity index (χ4v) is 2.94. The van der Waals surface area contributed by atoms with Gasteiger partial charge in [0, 0.05) is 38.0 Å². The molecule has 1 atom stereocenters. The Kier molecular flexibility index (Phi) is 3.96. The molecule has 2 fully saturated rings. The van der Waals surface area contributed by atoms with Crippen LogP contribution >= 0.6 is 0 Å². The van der Waals surface area contributed by atoms with Crippen molar-refractivity contribution in [2.24, 2.45) is 5.92 Å². The summed E-state index contributed by atoms with van der Waals surface area (Å²) in [6.07, 6.45) is 0.975. The van der Waals surface area contributed by atoms with E-state index in [0.717, 1.165) is 0 Å². The van der Waals surface area contributed by atoms with Crippen LogP contribution in [0.25, 0.3) is 0 Å². The summed E-state index contributed by atoms with van der Waals surface area (Å²) in [4.78, 5) is 23.2. The third kappa shape index (κ3) is 3.06. The Balaban J connectivity index is 1.68. The smallest absolute Gasteiger partial charge is 0.260 e. The summed E-state index contributed by atoms with van der Waals surface area (Å²) in [6.45, 7) is 6.92. The van der Waals surface area contributed by atoms with Gasteiger partial charge in [0.05, 0.1) is 5.69 Å². The summed E-state index contributed by atoms with van der Waals surface area (Å²) < 4.78 is 40.8. The summed E-state index contributed by atoms with van der Waals surface area (Å²) in [7, 11) is 0. The van der Waals surface area contributed by atoms with Crippen LogP contribution in [0.15, 0.2) is 6.33 Å². The van der Waals surface area contributed by atoms with Crippen molar-refractivity contribution in [1.29, 1.82) is 0 Å². The van der Waals surface area contributed by atoms with Crippen molar-refractivity contribution in [3.8, 4) is 0 Å². The molecule has 1 aromatic heterocycles. The normalized spacial score (nSPS) is 23.3. The minimum atomic E-state index is -2.85. The fraction of sp³-hybridized carbons (Fsp3) is 0.688. The molecular formula is C16H21F3N4O. The van der Waals surface area contributed by atoms with Crippen LogP contribution in [0.5, 0.6) is 0 Å². The highest BCUT2D eigenvalue weighted by Gasteiger charge is 2.62. The third-order valence-corrected chi connectivity index (χ3v) is 4.50. The van der Waals surface area contributed by atoms with E-state index in [4.69, 9.17) is 0 Å². The molecule has 2 heterocycles. The average molecular weight is 342 g/mol. The van der Waals surface area contributed by atoms with E-state index < -0.39 is 29.0 Å². The van der Waals surface area contributed by atoms with Gasteiger partial charge >= 0.3 is 0 Å².